The van der Waals surface area contributed by atoms with Gasteiger partial charge in [0.05, 0.1) is 5.56 Å². The van der Waals surface area contributed by atoms with E-state index in [1.807, 2.05) is 18.9 Å². The van der Waals surface area contributed by atoms with Crippen LogP contribution >= 0.6 is 0 Å². The van der Waals surface area contributed by atoms with Gasteiger partial charge in [0.25, 0.3) is 0 Å². The number of alkyl halides is 3. The molecule has 0 atom stereocenters. The summed E-state index contributed by atoms with van der Waals surface area (Å²) in [6.07, 6.45) is -1.35. The van der Waals surface area contributed by atoms with Crippen LogP contribution in [0, 0.1) is 5.92 Å². The fourth-order valence-corrected chi connectivity index (χ4v) is 3.13. The zero-order chi connectivity index (χ0) is 21.1. The summed E-state index contributed by atoms with van der Waals surface area (Å²) < 4.78 is 49.2. The number of ether oxygens (including phenoxy) is 2. The predicted octanol–water partition coefficient (Wildman–Crippen LogP) is 3.94. The third-order valence-corrected chi connectivity index (χ3v) is 4.80. The summed E-state index contributed by atoms with van der Waals surface area (Å²) in [6.45, 7) is 6.92. The first-order valence-electron chi connectivity index (χ1n) is 10.2. The summed E-state index contributed by atoms with van der Waals surface area (Å²) in [5.41, 5.74) is 0.163. The normalized spacial score (nSPS) is 16.1. The highest BCUT2D eigenvalue weighted by atomic mass is 19.4. The highest BCUT2D eigenvalue weighted by molar-refractivity contribution is 5.79. The van der Waals surface area contributed by atoms with Crippen LogP contribution in [0.3, 0.4) is 0 Å². The molecule has 5 nitrogen and oxygen atoms in total. The molecule has 1 fully saturated rings. The van der Waals surface area contributed by atoms with Gasteiger partial charge in [-0.3, -0.25) is 4.99 Å². The molecule has 1 heterocycles. The third-order valence-electron chi connectivity index (χ3n) is 4.80. The van der Waals surface area contributed by atoms with Crippen molar-refractivity contribution < 1.29 is 22.6 Å². The first-order valence-corrected chi connectivity index (χ1v) is 10.2. The van der Waals surface area contributed by atoms with Crippen LogP contribution < -0.4 is 5.32 Å². The Morgan fingerprint density at radius 3 is 2.55 bits per heavy atom. The molecule has 1 aliphatic rings. The molecular weight excluding hydrogens is 383 g/mol. The zero-order valence-corrected chi connectivity index (χ0v) is 17.3. The fourth-order valence-electron chi connectivity index (χ4n) is 3.13. The number of hydrogen-bond acceptors (Lipinski definition) is 3. The van der Waals surface area contributed by atoms with Gasteiger partial charge in [-0.25, -0.2) is 0 Å². The van der Waals surface area contributed by atoms with E-state index in [9.17, 15) is 13.2 Å². The molecular formula is C21H32F3N3O2. The van der Waals surface area contributed by atoms with E-state index < -0.39 is 11.7 Å². The van der Waals surface area contributed by atoms with Crippen molar-refractivity contribution in [3.63, 3.8) is 0 Å². The second-order valence-corrected chi connectivity index (χ2v) is 7.27. The number of aliphatic imine (C=N–C) groups is 1. The van der Waals surface area contributed by atoms with Gasteiger partial charge in [0.1, 0.15) is 0 Å². The number of nitrogens with zero attached hydrogens (tertiary/aromatic N) is 2. The van der Waals surface area contributed by atoms with Crippen LogP contribution in [-0.2, 0) is 22.2 Å². The van der Waals surface area contributed by atoms with E-state index in [1.165, 1.54) is 12.1 Å². The number of nitrogens with one attached hydrogen (secondary N) is 1. The molecule has 1 aromatic rings. The van der Waals surface area contributed by atoms with Crippen LogP contribution in [0.1, 0.15) is 37.3 Å². The molecule has 1 saturated heterocycles. The lowest BCUT2D eigenvalue weighted by Gasteiger charge is -2.23. The maximum Gasteiger partial charge on any atom is 0.416 e. The number of hydrogen-bond donors (Lipinski definition) is 1. The summed E-state index contributed by atoms with van der Waals surface area (Å²) in [7, 11) is 1.88. The Balaban J connectivity index is 1.76. The molecule has 1 aliphatic heterocycles. The van der Waals surface area contributed by atoms with Gasteiger partial charge in [0, 0.05) is 53.1 Å². The topological polar surface area (TPSA) is 46.1 Å². The highest BCUT2D eigenvalue weighted by Gasteiger charge is 2.29. The van der Waals surface area contributed by atoms with E-state index in [-0.39, 0.29) is 0 Å². The first-order chi connectivity index (χ1) is 13.9. The van der Waals surface area contributed by atoms with E-state index in [2.05, 4.69) is 10.3 Å². The van der Waals surface area contributed by atoms with Crippen molar-refractivity contribution in [3.05, 3.63) is 35.4 Å². The summed E-state index contributed by atoms with van der Waals surface area (Å²) in [5.74, 6) is 1.33. The lowest BCUT2D eigenvalue weighted by Crippen LogP contribution is -2.38. The predicted molar refractivity (Wildman–Crippen MR) is 108 cm³/mol. The van der Waals surface area contributed by atoms with E-state index in [1.54, 1.807) is 0 Å². The minimum Gasteiger partial charge on any atom is -0.381 e. The van der Waals surface area contributed by atoms with Gasteiger partial charge < -0.3 is 19.7 Å². The largest absolute Gasteiger partial charge is 0.416 e. The lowest BCUT2D eigenvalue weighted by atomic mass is 10.0. The Kier molecular flexibility index (Phi) is 9.73. The van der Waals surface area contributed by atoms with Crippen molar-refractivity contribution in [2.45, 2.75) is 38.9 Å². The van der Waals surface area contributed by atoms with Gasteiger partial charge in [0.2, 0.25) is 0 Å². The van der Waals surface area contributed by atoms with Crippen LogP contribution in [-0.4, -0.2) is 57.4 Å². The van der Waals surface area contributed by atoms with Crippen LogP contribution in [0.15, 0.2) is 29.3 Å². The third kappa shape index (κ3) is 8.62. The molecule has 0 radical (unpaired) electrons. The van der Waals surface area contributed by atoms with Gasteiger partial charge in [-0.2, -0.15) is 13.2 Å². The average molecular weight is 416 g/mol. The number of benzene rings is 1. The number of rotatable bonds is 9. The maximum absolute atomic E-state index is 12.7. The number of guanidine groups is 1. The van der Waals surface area contributed by atoms with Gasteiger partial charge in [0.15, 0.2) is 5.96 Å². The molecule has 1 N–H and O–H groups in total. The lowest BCUT2D eigenvalue weighted by molar-refractivity contribution is -0.137. The molecule has 0 aliphatic carbocycles. The van der Waals surface area contributed by atoms with E-state index in [0.717, 1.165) is 69.3 Å². The van der Waals surface area contributed by atoms with Crippen LogP contribution in [0.2, 0.25) is 0 Å². The highest BCUT2D eigenvalue weighted by Crippen LogP contribution is 2.29. The van der Waals surface area contributed by atoms with Crippen LogP contribution in [0.25, 0.3) is 0 Å². The Bertz CT molecular complexity index is 615. The number of halogens is 3. The Morgan fingerprint density at radius 1 is 1.24 bits per heavy atom. The standard InChI is InChI=1S/C21H32F3N3O2/c1-3-25-20(26-11-4-12-29-16-18-9-13-28-14-10-18)27(2)15-17-5-7-19(8-6-17)21(22,23)24/h5-8,18H,3-4,9-16H2,1-2H3,(H,25,26). The Labute approximate surface area is 171 Å². The molecule has 8 heteroatoms. The Hall–Kier alpha value is -1.80. The van der Waals surface area contributed by atoms with Crippen LogP contribution in [0.5, 0.6) is 0 Å². The molecule has 0 spiro atoms. The minimum absolute atomic E-state index is 0.476. The van der Waals surface area contributed by atoms with Crippen molar-refractivity contribution in [1.82, 2.24) is 10.2 Å². The fraction of sp³-hybridized carbons (Fsp3) is 0.667. The molecule has 0 saturated carbocycles. The zero-order valence-electron chi connectivity index (χ0n) is 17.3. The second-order valence-electron chi connectivity index (χ2n) is 7.27. The van der Waals surface area contributed by atoms with Crippen molar-refractivity contribution >= 4 is 5.96 Å². The first kappa shape index (κ1) is 23.5. The van der Waals surface area contributed by atoms with E-state index >= 15 is 0 Å². The van der Waals surface area contributed by atoms with E-state index in [4.69, 9.17) is 9.47 Å². The Morgan fingerprint density at radius 2 is 1.93 bits per heavy atom. The quantitative estimate of drug-likeness (QED) is 0.377. The smallest absolute Gasteiger partial charge is 0.381 e. The maximum atomic E-state index is 12.7. The van der Waals surface area contributed by atoms with Crippen molar-refractivity contribution in [1.29, 1.82) is 0 Å². The van der Waals surface area contributed by atoms with Crippen molar-refractivity contribution in [2.75, 3.05) is 46.6 Å². The molecule has 0 bridgehead atoms. The van der Waals surface area contributed by atoms with Gasteiger partial charge >= 0.3 is 6.18 Å². The molecule has 0 aromatic heterocycles. The molecule has 2 rings (SSSR count). The van der Waals surface area contributed by atoms with Gasteiger partial charge in [-0.15, -0.1) is 0 Å². The van der Waals surface area contributed by atoms with Gasteiger partial charge in [-0.05, 0) is 49.8 Å². The summed E-state index contributed by atoms with van der Waals surface area (Å²) in [6, 6.07) is 5.24. The van der Waals surface area contributed by atoms with Gasteiger partial charge in [-0.1, -0.05) is 12.1 Å². The summed E-state index contributed by atoms with van der Waals surface area (Å²) >= 11 is 0. The minimum atomic E-state index is -4.31. The summed E-state index contributed by atoms with van der Waals surface area (Å²) in [4.78, 5) is 6.51. The van der Waals surface area contributed by atoms with Crippen LogP contribution in [0.4, 0.5) is 13.2 Å². The van der Waals surface area contributed by atoms with Crippen molar-refractivity contribution in [2.24, 2.45) is 10.9 Å². The van der Waals surface area contributed by atoms with Crippen molar-refractivity contribution in [3.8, 4) is 0 Å². The van der Waals surface area contributed by atoms with E-state index in [0.29, 0.717) is 25.6 Å². The molecule has 164 valence electrons. The monoisotopic (exact) mass is 415 g/mol. The average Bonchev–Trinajstić information content (AvgIpc) is 2.70. The molecule has 1 aromatic carbocycles. The second kappa shape index (κ2) is 12.0. The molecule has 0 amide bonds. The molecule has 29 heavy (non-hydrogen) atoms. The molecule has 0 unspecified atom stereocenters. The summed E-state index contributed by atoms with van der Waals surface area (Å²) in [5, 5.41) is 3.22. The SMILES string of the molecule is CCNC(=NCCCOCC1CCOCC1)N(C)Cc1ccc(C(F)(F)F)cc1.